The highest BCUT2D eigenvalue weighted by Crippen LogP contribution is 2.35. The first-order chi connectivity index (χ1) is 6.46. The van der Waals surface area contributed by atoms with Crippen molar-refractivity contribution in [1.82, 2.24) is 0 Å². The van der Waals surface area contributed by atoms with E-state index in [0.29, 0.717) is 0 Å². The van der Waals surface area contributed by atoms with E-state index in [1.807, 2.05) is 6.55 Å². The second-order valence-electron chi connectivity index (χ2n) is 4.70. The molecule has 0 aromatic heterocycles. The minimum Gasteiger partial charge on any atom is -0.426 e. The van der Waals surface area contributed by atoms with Crippen LogP contribution in [0.3, 0.4) is 0 Å². The van der Waals surface area contributed by atoms with Gasteiger partial charge in [0.1, 0.15) is 0 Å². The zero-order valence-electron chi connectivity index (χ0n) is 9.55. The Kier molecular flexibility index (Phi) is 3.74. The molecule has 0 radical (unpaired) electrons. The van der Waals surface area contributed by atoms with Crippen LogP contribution < -0.4 is 0 Å². The molecule has 0 bridgehead atoms. The summed E-state index contributed by atoms with van der Waals surface area (Å²) in [7, 11) is -3.40. The molecule has 0 aromatic carbocycles. The fraction of sp³-hybridized carbons (Fsp3) is 0.800. The predicted molar refractivity (Wildman–Crippen MR) is 65.4 cm³/mol. The van der Waals surface area contributed by atoms with Crippen molar-refractivity contribution in [1.29, 1.82) is 0 Å². The van der Waals surface area contributed by atoms with Crippen molar-refractivity contribution >= 4 is 17.1 Å². The van der Waals surface area contributed by atoms with E-state index in [9.17, 15) is 4.80 Å². The molecule has 1 saturated heterocycles. The molecule has 2 nitrogen and oxygen atoms in total. The molecule has 2 atom stereocenters. The lowest BCUT2D eigenvalue weighted by Crippen LogP contribution is -2.65. The van der Waals surface area contributed by atoms with Gasteiger partial charge in [0.2, 0.25) is 8.32 Å². The van der Waals surface area contributed by atoms with Gasteiger partial charge in [-0.1, -0.05) is 18.8 Å². The fourth-order valence-electron chi connectivity index (χ4n) is 2.43. The van der Waals surface area contributed by atoms with E-state index < -0.39 is 17.1 Å². The molecule has 2 unspecified atom stereocenters. The van der Waals surface area contributed by atoms with Crippen molar-refractivity contribution in [2.75, 3.05) is 6.61 Å². The molecular weight excluding hydrogens is 208 g/mol. The Bertz CT molecular complexity index is 208. The third-order valence-electron chi connectivity index (χ3n) is 3.49. The Morgan fingerprint density at radius 1 is 1.50 bits per heavy atom. The van der Waals surface area contributed by atoms with Crippen LogP contribution in [-0.4, -0.2) is 33.4 Å². The Balaban J connectivity index is 2.96. The van der Waals surface area contributed by atoms with Gasteiger partial charge in [-0.25, -0.2) is 0 Å². The van der Waals surface area contributed by atoms with E-state index in [4.69, 9.17) is 4.74 Å². The summed E-state index contributed by atoms with van der Waals surface area (Å²) in [6.45, 7) is 11.1. The molecule has 0 spiro atoms. The summed E-state index contributed by atoms with van der Waals surface area (Å²) in [6, 6.07) is 0. The molecule has 4 heteroatoms. The van der Waals surface area contributed by atoms with Crippen molar-refractivity contribution < 1.29 is 9.53 Å². The van der Waals surface area contributed by atoms with E-state index in [1.54, 1.807) is 5.70 Å². The first-order valence-corrected chi connectivity index (χ1v) is 10.9. The normalized spacial score (nSPS) is 32.6. The maximum atomic E-state index is 10.5. The van der Waals surface area contributed by atoms with Crippen LogP contribution in [0.5, 0.6) is 0 Å². The van der Waals surface area contributed by atoms with Crippen molar-refractivity contribution in [3.8, 4) is 0 Å². The van der Waals surface area contributed by atoms with Crippen molar-refractivity contribution in [3.05, 3.63) is 12.3 Å². The van der Waals surface area contributed by atoms with Crippen LogP contribution in [0.2, 0.25) is 19.6 Å². The van der Waals surface area contributed by atoms with E-state index >= 15 is 0 Å². The molecule has 1 aliphatic heterocycles. The number of rotatable bonds is 3. The zero-order chi connectivity index (χ0) is 10.8. The van der Waals surface area contributed by atoms with Gasteiger partial charge in [0.05, 0.1) is 13.6 Å². The molecule has 14 heavy (non-hydrogen) atoms. The number of ether oxygens (including phenoxy) is 1. The van der Waals surface area contributed by atoms with Gasteiger partial charge in [-0.3, -0.25) is 0 Å². The first kappa shape index (κ1) is 12.2. The fourth-order valence-corrected chi connectivity index (χ4v) is 10.1. The van der Waals surface area contributed by atoms with Crippen molar-refractivity contribution in [2.45, 2.75) is 43.8 Å². The quantitative estimate of drug-likeness (QED) is 0.749. The van der Waals surface area contributed by atoms with E-state index in [2.05, 4.69) is 19.7 Å². The molecule has 0 saturated carbocycles. The summed E-state index contributed by atoms with van der Waals surface area (Å²) >= 11 is 0. The maximum absolute atomic E-state index is 10.5. The molecule has 1 rings (SSSR count). The van der Waals surface area contributed by atoms with Crippen LogP contribution in [-0.2, 0) is 4.74 Å². The van der Waals surface area contributed by atoms with Gasteiger partial charge in [-0.05, 0) is 25.8 Å². The highest BCUT2D eigenvalue weighted by molar-refractivity contribution is 6.91. The summed E-state index contributed by atoms with van der Waals surface area (Å²) in [5.74, 6) is 0. The zero-order valence-corrected chi connectivity index (χ0v) is 11.7. The van der Waals surface area contributed by atoms with Crippen molar-refractivity contribution in [3.63, 3.8) is 0 Å². The smallest absolute Gasteiger partial charge is 0.237 e. The molecule has 0 aliphatic carbocycles. The average molecular weight is 230 g/mol. The molecular formula is C10H22O2Si2. The van der Waals surface area contributed by atoms with Crippen LogP contribution in [0, 0.1) is 0 Å². The molecule has 1 heterocycles. The van der Waals surface area contributed by atoms with Crippen molar-refractivity contribution in [2.24, 2.45) is 0 Å². The maximum Gasteiger partial charge on any atom is 0.237 e. The second-order valence-corrected chi connectivity index (χ2v) is 12.1. The molecule has 1 aliphatic rings. The first-order valence-electron chi connectivity index (χ1n) is 5.46. The summed E-state index contributed by atoms with van der Waals surface area (Å²) in [5.41, 5.74) is 1.78. The van der Waals surface area contributed by atoms with Gasteiger partial charge in [-0.15, -0.1) is 6.58 Å². The lowest BCUT2D eigenvalue weighted by molar-refractivity contribution is 0.0175. The summed E-state index contributed by atoms with van der Waals surface area (Å²) in [6.07, 6.45) is 3.38. The van der Waals surface area contributed by atoms with Crippen LogP contribution in [0.15, 0.2) is 12.3 Å². The monoisotopic (exact) mass is 230 g/mol. The molecule has 0 amide bonds. The summed E-state index contributed by atoms with van der Waals surface area (Å²) < 4.78 is 5.98. The number of hydrogen-bond acceptors (Lipinski definition) is 2. The van der Waals surface area contributed by atoms with E-state index in [-0.39, 0.29) is 4.85 Å². The lowest BCUT2D eigenvalue weighted by atomic mass is 10.2. The SMILES string of the molecule is C=C[Si](C)(O)C1([SiH](C)C)CCCCO1. The van der Waals surface area contributed by atoms with Crippen LogP contribution in [0.25, 0.3) is 0 Å². The highest BCUT2D eigenvalue weighted by Gasteiger charge is 2.52. The van der Waals surface area contributed by atoms with Crippen LogP contribution in [0.4, 0.5) is 0 Å². The summed E-state index contributed by atoms with van der Waals surface area (Å²) in [4.78, 5) is 10.3. The molecule has 82 valence electrons. The minimum atomic E-state index is -2.39. The van der Waals surface area contributed by atoms with Crippen LogP contribution >= 0.6 is 0 Å². The minimum absolute atomic E-state index is 0.160. The molecule has 0 aromatic rings. The second kappa shape index (κ2) is 4.30. The Labute approximate surface area is 89.7 Å². The van der Waals surface area contributed by atoms with E-state index in [1.165, 1.54) is 6.42 Å². The van der Waals surface area contributed by atoms with Gasteiger partial charge in [0.15, 0.2) is 0 Å². The summed E-state index contributed by atoms with van der Waals surface area (Å²) in [5, 5.41) is 0. The van der Waals surface area contributed by atoms with E-state index in [0.717, 1.165) is 19.4 Å². The Hall–Kier alpha value is 0.0938. The highest BCUT2D eigenvalue weighted by atomic mass is 28.4. The third kappa shape index (κ3) is 1.89. The molecule has 1 fully saturated rings. The van der Waals surface area contributed by atoms with Gasteiger partial charge < -0.3 is 9.53 Å². The standard InChI is InChI=1S/C10H22O2Si2/c1-5-14(4,11)10(13(2)3)8-6-7-9-12-10/h5,11,13H,1,6-9H2,2-4H3. The Morgan fingerprint density at radius 2 is 2.14 bits per heavy atom. The van der Waals surface area contributed by atoms with Crippen LogP contribution in [0.1, 0.15) is 19.3 Å². The largest absolute Gasteiger partial charge is 0.426 e. The topological polar surface area (TPSA) is 29.5 Å². The third-order valence-corrected chi connectivity index (χ3v) is 12.2. The predicted octanol–water partition coefficient (Wildman–Crippen LogP) is 1.78. The number of hydrogen-bond donors (Lipinski definition) is 1. The molecule has 1 N–H and O–H groups in total. The van der Waals surface area contributed by atoms with Gasteiger partial charge >= 0.3 is 0 Å². The van der Waals surface area contributed by atoms with Gasteiger partial charge in [0.25, 0.3) is 0 Å². The Morgan fingerprint density at radius 3 is 2.50 bits per heavy atom. The van der Waals surface area contributed by atoms with Gasteiger partial charge in [-0.2, -0.15) is 0 Å². The van der Waals surface area contributed by atoms with Gasteiger partial charge in [0, 0.05) is 6.61 Å². The lowest BCUT2D eigenvalue weighted by Gasteiger charge is -2.47. The average Bonchev–Trinajstić information content (AvgIpc) is 2.18.